The van der Waals surface area contributed by atoms with Crippen molar-refractivity contribution in [2.75, 3.05) is 0 Å². The minimum Gasteiger partial charge on any atom is -0.487 e. The monoisotopic (exact) mass is 388 g/mol. The number of rotatable bonds is 6. The lowest BCUT2D eigenvalue weighted by atomic mass is 10.2. The molecule has 26 heavy (non-hydrogen) atoms. The molecular formula is C19H14Cl2N2O3. The molecule has 0 radical (unpaired) electrons. The number of ether oxygens (including phenoxy) is 2. The highest BCUT2D eigenvalue weighted by atomic mass is 35.5. The molecule has 2 aromatic heterocycles. The Hall–Kier alpha value is -2.63. The summed E-state index contributed by atoms with van der Waals surface area (Å²) < 4.78 is 10.9. The molecule has 132 valence electrons. The Morgan fingerprint density at radius 2 is 1.81 bits per heavy atom. The van der Waals surface area contributed by atoms with Crippen LogP contribution in [0.25, 0.3) is 0 Å². The van der Waals surface area contributed by atoms with Crippen LogP contribution >= 0.6 is 23.2 Å². The summed E-state index contributed by atoms with van der Waals surface area (Å²) in [5.41, 5.74) is 1.92. The van der Waals surface area contributed by atoms with Crippen LogP contribution in [0.1, 0.15) is 21.6 Å². The number of hydrogen-bond donors (Lipinski definition) is 0. The number of esters is 1. The Balaban J connectivity index is 1.52. The van der Waals surface area contributed by atoms with Crippen molar-refractivity contribution < 1.29 is 14.3 Å². The zero-order valence-electron chi connectivity index (χ0n) is 13.6. The van der Waals surface area contributed by atoms with Crippen molar-refractivity contribution in [2.24, 2.45) is 0 Å². The SMILES string of the molecule is O=C(OCc1ccc(OCc2ccccn2)cc1)c1cnc(Cl)c(Cl)c1. The van der Waals surface area contributed by atoms with Crippen molar-refractivity contribution in [3.05, 3.63) is 87.9 Å². The first-order valence-corrected chi connectivity index (χ1v) is 8.47. The first-order valence-electron chi connectivity index (χ1n) is 7.71. The van der Waals surface area contributed by atoms with Gasteiger partial charge in [-0.2, -0.15) is 0 Å². The van der Waals surface area contributed by atoms with Crippen LogP contribution in [0.2, 0.25) is 10.2 Å². The van der Waals surface area contributed by atoms with Gasteiger partial charge in [0.15, 0.2) is 0 Å². The molecule has 0 fully saturated rings. The van der Waals surface area contributed by atoms with E-state index in [2.05, 4.69) is 9.97 Å². The van der Waals surface area contributed by atoms with Crippen LogP contribution in [-0.4, -0.2) is 15.9 Å². The van der Waals surface area contributed by atoms with Gasteiger partial charge in [0.25, 0.3) is 0 Å². The topological polar surface area (TPSA) is 61.3 Å². The van der Waals surface area contributed by atoms with E-state index in [0.717, 1.165) is 11.3 Å². The first-order chi connectivity index (χ1) is 12.6. The van der Waals surface area contributed by atoms with Crippen LogP contribution < -0.4 is 4.74 Å². The average Bonchev–Trinajstić information content (AvgIpc) is 2.68. The maximum Gasteiger partial charge on any atom is 0.340 e. The molecular weight excluding hydrogens is 375 g/mol. The molecule has 0 aliphatic carbocycles. The Bertz CT molecular complexity index is 887. The van der Waals surface area contributed by atoms with Crippen LogP contribution in [0.4, 0.5) is 0 Å². The van der Waals surface area contributed by atoms with Crippen molar-refractivity contribution in [3.8, 4) is 5.75 Å². The predicted octanol–water partition coefficient (Wildman–Crippen LogP) is 4.72. The molecule has 0 aliphatic heterocycles. The molecule has 0 amide bonds. The molecule has 0 aliphatic rings. The summed E-state index contributed by atoms with van der Waals surface area (Å²) in [7, 11) is 0. The van der Waals surface area contributed by atoms with E-state index in [1.807, 2.05) is 42.5 Å². The third-order valence-corrected chi connectivity index (χ3v) is 4.12. The summed E-state index contributed by atoms with van der Waals surface area (Å²) in [6, 6.07) is 14.4. The molecule has 3 aromatic rings. The number of hydrogen-bond acceptors (Lipinski definition) is 5. The van der Waals surface area contributed by atoms with Gasteiger partial charge in [0, 0.05) is 12.4 Å². The van der Waals surface area contributed by atoms with Crippen molar-refractivity contribution in [1.29, 1.82) is 0 Å². The molecule has 3 rings (SSSR count). The molecule has 2 heterocycles. The fraction of sp³-hybridized carbons (Fsp3) is 0.105. The van der Waals surface area contributed by atoms with Crippen LogP contribution in [0, 0.1) is 0 Å². The third-order valence-electron chi connectivity index (χ3n) is 3.44. The van der Waals surface area contributed by atoms with Gasteiger partial charge in [0.05, 0.1) is 16.3 Å². The third kappa shape index (κ3) is 4.94. The lowest BCUT2D eigenvalue weighted by Gasteiger charge is -2.08. The number of benzene rings is 1. The van der Waals surface area contributed by atoms with Gasteiger partial charge in [-0.15, -0.1) is 0 Å². The Labute approximate surface area is 160 Å². The summed E-state index contributed by atoms with van der Waals surface area (Å²) in [6.07, 6.45) is 3.05. The van der Waals surface area contributed by atoms with Gasteiger partial charge in [-0.1, -0.05) is 41.4 Å². The van der Waals surface area contributed by atoms with Crippen molar-refractivity contribution in [1.82, 2.24) is 9.97 Å². The molecule has 1 aromatic carbocycles. The number of halogens is 2. The van der Waals surface area contributed by atoms with Gasteiger partial charge in [0.1, 0.15) is 24.1 Å². The number of carbonyl (C=O) groups excluding carboxylic acids is 1. The zero-order chi connectivity index (χ0) is 18.4. The van der Waals surface area contributed by atoms with Crippen molar-refractivity contribution in [2.45, 2.75) is 13.2 Å². The van der Waals surface area contributed by atoms with E-state index in [1.165, 1.54) is 12.3 Å². The van der Waals surface area contributed by atoms with E-state index in [4.69, 9.17) is 32.7 Å². The van der Waals surface area contributed by atoms with Gasteiger partial charge in [-0.05, 0) is 35.9 Å². The molecule has 5 nitrogen and oxygen atoms in total. The highest BCUT2D eigenvalue weighted by Gasteiger charge is 2.10. The van der Waals surface area contributed by atoms with E-state index >= 15 is 0 Å². The van der Waals surface area contributed by atoms with E-state index in [9.17, 15) is 4.79 Å². The summed E-state index contributed by atoms with van der Waals surface area (Å²) in [4.78, 5) is 20.0. The smallest absolute Gasteiger partial charge is 0.340 e. The maximum absolute atomic E-state index is 12.0. The van der Waals surface area contributed by atoms with Gasteiger partial charge in [-0.25, -0.2) is 9.78 Å². The van der Waals surface area contributed by atoms with Crippen molar-refractivity contribution in [3.63, 3.8) is 0 Å². The number of nitrogens with zero attached hydrogens (tertiary/aromatic N) is 2. The predicted molar refractivity (Wildman–Crippen MR) is 98.4 cm³/mol. The van der Waals surface area contributed by atoms with E-state index in [1.54, 1.807) is 6.20 Å². The second-order valence-electron chi connectivity index (χ2n) is 5.33. The fourth-order valence-electron chi connectivity index (χ4n) is 2.09. The zero-order valence-corrected chi connectivity index (χ0v) is 15.1. The lowest BCUT2D eigenvalue weighted by molar-refractivity contribution is 0.0472. The highest BCUT2D eigenvalue weighted by molar-refractivity contribution is 6.41. The number of aromatic nitrogens is 2. The Kier molecular flexibility index (Phi) is 6.04. The molecule has 0 atom stereocenters. The number of pyridine rings is 2. The average molecular weight is 389 g/mol. The second kappa shape index (κ2) is 8.65. The first kappa shape index (κ1) is 18.2. The van der Waals surface area contributed by atoms with Crippen LogP contribution in [-0.2, 0) is 18.0 Å². The highest BCUT2D eigenvalue weighted by Crippen LogP contribution is 2.20. The molecule has 0 spiro atoms. The standard InChI is InChI=1S/C19H14Cl2N2O3/c20-17-9-14(10-23-18(17)21)19(24)26-11-13-4-6-16(7-5-13)25-12-15-3-1-2-8-22-15/h1-10H,11-12H2. The minimum absolute atomic E-state index is 0.125. The van der Waals surface area contributed by atoms with E-state index < -0.39 is 5.97 Å². The van der Waals surface area contributed by atoms with Gasteiger partial charge >= 0.3 is 5.97 Å². The Morgan fingerprint density at radius 3 is 2.50 bits per heavy atom. The number of carbonyl (C=O) groups is 1. The molecule has 0 bridgehead atoms. The normalized spacial score (nSPS) is 10.4. The fourth-order valence-corrected chi connectivity index (χ4v) is 2.36. The van der Waals surface area contributed by atoms with E-state index in [-0.39, 0.29) is 22.3 Å². The van der Waals surface area contributed by atoms with Gasteiger partial charge in [0.2, 0.25) is 0 Å². The lowest BCUT2D eigenvalue weighted by Crippen LogP contribution is -2.06. The van der Waals surface area contributed by atoms with E-state index in [0.29, 0.717) is 12.4 Å². The molecule has 7 heteroatoms. The summed E-state index contributed by atoms with van der Waals surface area (Å²) >= 11 is 11.6. The largest absolute Gasteiger partial charge is 0.487 e. The van der Waals surface area contributed by atoms with Gasteiger partial charge in [-0.3, -0.25) is 4.98 Å². The summed E-state index contributed by atoms with van der Waals surface area (Å²) in [5.74, 6) is 0.186. The summed E-state index contributed by atoms with van der Waals surface area (Å²) in [5, 5.41) is 0.347. The molecule has 0 saturated heterocycles. The van der Waals surface area contributed by atoms with Crippen molar-refractivity contribution >= 4 is 29.2 Å². The molecule has 0 unspecified atom stereocenters. The van der Waals surface area contributed by atoms with Crippen LogP contribution in [0.5, 0.6) is 5.75 Å². The molecule has 0 saturated carbocycles. The second-order valence-corrected chi connectivity index (χ2v) is 6.09. The van der Waals surface area contributed by atoms with Gasteiger partial charge < -0.3 is 9.47 Å². The quantitative estimate of drug-likeness (QED) is 0.451. The molecule has 0 N–H and O–H groups in total. The Morgan fingerprint density at radius 1 is 1.00 bits per heavy atom. The van der Waals surface area contributed by atoms with Crippen LogP contribution in [0.15, 0.2) is 60.9 Å². The summed E-state index contributed by atoms with van der Waals surface area (Å²) in [6.45, 7) is 0.513. The minimum atomic E-state index is -0.522. The van der Waals surface area contributed by atoms with Crippen LogP contribution in [0.3, 0.4) is 0 Å². The maximum atomic E-state index is 12.0.